The molecule has 2 aromatic carbocycles. The van der Waals surface area contributed by atoms with Crippen LogP contribution in [0.3, 0.4) is 0 Å². The van der Waals surface area contributed by atoms with Crippen LogP contribution in [-0.2, 0) is 23.9 Å². The van der Waals surface area contributed by atoms with E-state index >= 15 is 0 Å². The summed E-state index contributed by atoms with van der Waals surface area (Å²) in [5.74, 6) is 0.172. The van der Waals surface area contributed by atoms with Gasteiger partial charge in [0.1, 0.15) is 0 Å². The van der Waals surface area contributed by atoms with E-state index in [1.165, 1.54) is 6.07 Å². The SMILES string of the molecule is Cc1cc(NC(=O)Cc2ccccc2)nn1Cc1cccc(C(F)(F)F)c1. The van der Waals surface area contributed by atoms with Gasteiger partial charge >= 0.3 is 6.18 Å². The molecule has 0 aliphatic heterocycles. The number of hydrogen-bond donors (Lipinski definition) is 1. The van der Waals surface area contributed by atoms with Crippen molar-refractivity contribution < 1.29 is 18.0 Å². The third-order valence-electron chi connectivity index (χ3n) is 4.04. The molecule has 0 aliphatic rings. The lowest BCUT2D eigenvalue weighted by molar-refractivity contribution is -0.137. The summed E-state index contributed by atoms with van der Waals surface area (Å²) in [6.07, 6.45) is -4.16. The van der Waals surface area contributed by atoms with Gasteiger partial charge in [0.2, 0.25) is 5.91 Å². The monoisotopic (exact) mass is 373 g/mol. The number of aromatic nitrogens is 2. The summed E-state index contributed by atoms with van der Waals surface area (Å²) >= 11 is 0. The number of nitrogens with one attached hydrogen (secondary N) is 1. The largest absolute Gasteiger partial charge is 0.416 e. The second-order valence-corrected chi connectivity index (χ2v) is 6.24. The van der Waals surface area contributed by atoms with Crippen molar-refractivity contribution in [3.8, 4) is 0 Å². The number of nitrogens with zero attached hydrogens (tertiary/aromatic N) is 2. The highest BCUT2D eigenvalue weighted by Crippen LogP contribution is 2.29. The van der Waals surface area contributed by atoms with Crippen LogP contribution in [0.5, 0.6) is 0 Å². The first-order chi connectivity index (χ1) is 12.8. The van der Waals surface area contributed by atoms with E-state index in [0.29, 0.717) is 11.4 Å². The lowest BCUT2D eigenvalue weighted by Crippen LogP contribution is -2.15. The standard InChI is InChI=1S/C20H18F3N3O/c1-14-10-18(24-19(27)12-15-6-3-2-4-7-15)25-26(14)13-16-8-5-9-17(11-16)20(21,22)23/h2-11H,12-13H2,1H3,(H,24,25,27). The molecular formula is C20H18F3N3O. The van der Waals surface area contributed by atoms with E-state index in [9.17, 15) is 18.0 Å². The molecule has 4 nitrogen and oxygen atoms in total. The molecule has 0 saturated heterocycles. The van der Waals surface area contributed by atoms with Crippen LogP contribution in [0.2, 0.25) is 0 Å². The number of benzene rings is 2. The van der Waals surface area contributed by atoms with Crippen molar-refractivity contribution in [3.05, 3.63) is 83.0 Å². The van der Waals surface area contributed by atoms with E-state index in [0.717, 1.165) is 23.4 Å². The van der Waals surface area contributed by atoms with Gasteiger partial charge in [-0.05, 0) is 30.2 Å². The molecule has 0 aliphatic carbocycles. The van der Waals surface area contributed by atoms with Crippen molar-refractivity contribution in [2.24, 2.45) is 0 Å². The summed E-state index contributed by atoms with van der Waals surface area (Å²) in [5.41, 5.74) is 1.41. The Kier molecular flexibility index (Phi) is 5.30. The van der Waals surface area contributed by atoms with E-state index in [1.54, 1.807) is 23.7 Å². The van der Waals surface area contributed by atoms with Gasteiger partial charge in [0.05, 0.1) is 18.5 Å². The Morgan fingerprint density at radius 3 is 2.44 bits per heavy atom. The van der Waals surface area contributed by atoms with Crippen LogP contribution in [0.1, 0.15) is 22.4 Å². The first-order valence-corrected chi connectivity index (χ1v) is 8.35. The van der Waals surface area contributed by atoms with E-state index in [-0.39, 0.29) is 18.9 Å². The summed E-state index contributed by atoms with van der Waals surface area (Å²) in [5, 5.41) is 7.00. The Morgan fingerprint density at radius 2 is 1.74 bits per heavy atom. The van der Waals surface area contributed by atoms with Gasteiger partial charge in [0.25, 0.3) is 0 Å². The fourth-order valence-corrected chi connectivity index (χ4v) is 2.72. The minimum Gasteiger partial charge on any atom is -0.309 e. The lowest BCUT2D eigenvalue weighted by Gasteiger charge is -2.09. The van der Waals surface area contributed by atoms with Crippen LogP contribution in [0.25, 0.3) is 0 Å². The van der Waals surface area contributed by atoms with E-state index in [4.69, 9.17) is 0 Å². The molecule has 1 aromatic heterocycles. The molecule has 0 saturated carbocycles. The Bertz CT molecular complexity index is 933. The van der Waals surface area contributed by atoms with Gasteiger partial charge < -0.3 is 5.32 Å². The minimum absolute atomic E-state index is 0.185. The molecule has 0 radical (unpaired) electrons. The summed E-state index contributed by atoms with van der Waals surface area (Å²) in [6, 6.07) is 16.1. The van der Waals surface area contributed by atoms with Crippen molar-refractivity contribution in [2.75, 3.05) is 5.32 Å². The Hall–Kier alpha value is -3.09. The number of anilines is 1. The van der Waals surface area contributed by atoms with Crippen LogP contribution in [0, 0.1) is 6.92 Å². The number of alkyl halides is 3. The van der Waals surface area contributed by atoms with Crippen molar-refractivity contribution >= 4 is 11.7 Å². The van der Waals surface area contributed by atoms with Crippen molar-refractivity contribution in [2.45, 2.75) is 26.1 Å². The normalized spacial score (nSPS) is 11.4. The summed E-state index contributed by atoms with van der Waals surface area (Å²) in [4.78, 5) is 12.1. The molecule has 27 heavy (non-hydrogen) atoms. The van der Waals surface area contributed by atoms with E-state index < -0.39 is 11.7 Å². The maximum Gasteiger partial charge on any atom is 0.416 e. The molecule has 3 aromatic rings. The zero-order valence-electron chi connectivity index (χ0n) is 14.6. The zero-order valence-corrected chi connectivity index (χ0v) is 14.6. The number of rotatable bonds is 5. The Balaban J connectivity index is 1.69. The average molecular weight is 373 g/mol. The van der Waals surface area contributed by atoms with Gasteiger partial charge in [0, 0.05) is 11.8 Å². The van der Waals surface area contributed by atoms with Gasteiger partial charge in [0.15, 0.2) is 5.82 Å². The van der Waals surface area contributed by atoms with Crippen LogP contribution < -0.4 is 5.32 Å². The van der Waals surface area contributed by atoms with Gasteiger partial charge in [-0.25, -0.2) is 0 Å². The molecule has 1 N–H and O–H groups in total. The maximum absolute atomic E-state index is 12.8. The van der Waals surface area contributed by atoms with E-state index in [1.807, 2.05) is 30.3 Å². The fourth-order valence-electron chi connectivity index (χ4n) is 2.72. The minimum atomic E-state index is -4.38. The van der Waals surface area contributed by atoms with Crippen molar-refractivity contribution in [3.63, 3.8) is 0 Å². The molecule has 7 heteroatoms. The molecule has 1 amide bonds. The molecule has 0 atom stereocenters. The summed E-state index contributed by atoms with van der Waals surface area (Å²) in [7, 11) is 0. The highest BCUT2D eigenvalue weighted by molar-refractivity contribution is 5.91. The Labute approximate surface area is 154 Å². The maximum atomic E-state index is 12.8. The number of halogens is 3. The van der Waals surface area contributed by atoms with Crippen LogP contribution in [-0.4, -0.2) is 15.7 Å². The molecule has 0 spiro atoms. The van der Waals surface area contributed by atoms with Crippen LogP contribution >= 0.6 is 0 Å². The second kappa shape index (κ2) is 7.65. The summed E-state index contributed by atoms with van der Waals surface area (Å²) < 4.78 is 40.1. The molecule has 3 rings (SSSR count). The highest BCUT2D eigenvalue weighted by Gasteiger charge is 2.30. The van der Waals surface area contributed by atoms with Crippen LogP contribution in [0.15, 0.2) is 60.7 Å². The average Bonchev–Trinajstić information content (AvgIpc) is 2.94. The predicted octanol–water partition coefficient (Wildman–Crippen LogP) is 4.44. The summed E-state index contributed by atoms with van der Waals surface area (Å²) in [6.45, 7) is 1.97. The number of carbonyl (C=O) groups excluding carboxylic acids is 1. The molecule has 1 heterocycles. The smallest absolute Gasteiger partial charge is 0.309 e. The predicted molar refractivity (Wildman–Crippen MR) is 96.3 cm³/mol. The molecule has 0 fully saturated rings. The van der Waals surface area contributed by atoms with Crippen molar-refractivity contribution in [1.29, 1.82) is 0 Å². The third kappa shape index (κ3) is 4.97. The van der Waals surface area contributed by atoms with Gasteiger partial charge in [-0.2, -0.15) is 18.3 Å². The third-order valence-corrected chi connectivity index (χ3v) is 4.04. The number of hydrogen-bond acceptors (Lipinski definition) is 2. The lowest BCUT2D eigenvalue weighted by atomic mass is 10.1. The first-order valence-electron chi connectivity index (χ1n) is 8.35. The van der Waals surface area contributed by atoms with Gasteiger partial charge in [-0.15, -0.1) is 0 Å². The topological polar surface area (TPSA) is 46.9 Å². The highest BCUT2D eigenvalue weighted by atomic mass is 19.4. The molecular weight excluding hydrogens is 355 g/mol. The molecule has 0 bridgehead atoms. The van der Waals surface area contributed by atoms with E-state index in [2.05, 4.69) is 10.4 Å². The van der Waals surface area contributed by atoms with Crippen molar-refractivity contribution in [1.82, 2.24) is 9.78 Å². The fraction of sp³-hybridized carbons (Fsp3) is 0.200. The first kappa shape index (κ1) is 18.7. The zero-order chi connectivity index (χ0) is 19.4. The number of aryl methyl sites for hydroxylation is 1. The number of amides is 1. The molecule has 140 valence electrons. The van der Waals surface area contributed by atoms with Crippen LogP contribution in [0.4, 0.5) is 19.0 Å². The molecule has 0 unspecified atom stereocenters. The second-order valence-electron chi connectivity index (χ2n) is 6.24. The van der Waals surface area contributed by atoms with Gasteiger partial charge in [-0.3, -0.25) is 9.48 Å². The number of carbonyl (C=O) groups is 1. The van der Waals surface area contributed by atoms with Gasteiger partial charge in [-0.1, -0.05) is 42.5 Å². The quantitative estimate of drug-likeness (QED) is 0.719. The Morgan fingerprint density at radius 1 is 1.04 bits per heavy atom.